The summed E-state index contributed by atoms with van der Waals surface area (Å²) >= 11 is 5.21. The van der Waals surface area contributed by atoms with Crippen molar-refractivity contribution in [3.8, 4) is 0 Å². The van der Waals surface area contributed by atoms with E-state index in [0.29, 0.717) is 23.0 Å². The Morgan fingerprint density at radius 1 is 1.06 bits per heavy atom. The Hall–Kier alpha value is -1.60. The second-order valence-electron chi connectivity index (χ2n) is 9.66. The van der Waals surface area contributed by atoms with E-state index in [1.54, 1.807) is 6.92 Å². The maximum atomic E-state index is 13.7. The summed E-state index contributed by atoms with van der Waals surface area (Å²) in [5, 5.41) is 17.9. The van der Waals surface area contributed by atoms with Crippen LogP contribution in [-0.4, -0.2) is 28.8 Å². The molecule has 0 unspecified atom stereocenters. The van der Waals surface area contributed by atoms with E-state index in [2.05, 4.69) is 48.7 Å². The lowest BCUT2D eigenvalue weighted by Crippen LogP contribution is -2.53. The summed E-state index contributed by atoms with van der Waals surface area (Å²) in [5.41, 5.74) is 2.87. The van der Waals surface area contributed by atoms with Gasteiger partial charge >= 0.3 is 0 Å². The van der Waals surface area contributed by atoms with Crippen LogP contribution in [0, 0.1) is 11.6 Å². The van der Waals surface area contributed by atoms with Crippen LogP contribution in [0.4, 0.5) is 8.78 Å². The molecule has 2 aromatic carbocycles. The van der Waals surface area contributed by atoms with Crippen LogP contribution < -0.4 is 10.6 Å². The molecule has 2 aromatic rings. The van der Waals surface area contributed by atoms with Crippen LogP contribution in [0.3, 0.4) is 0 Å². The van der Waals surface area contributed by atoms with E-state index in [1.807, 2.05) is 0 Å². The monoisotopic (exact) mass is 510 g/mol. The Morgan fingerprint density at radius 3 is 2.29 bits per heavy atom. The standard InChI is InChI=1S/C27H36F2N2OS.ClH/c1-18(2)21-8-7-9-22(15-21)27(10-5-4-6-11-27)30-17-26(32)25(31-19(3)33)14-20-12-23(28)16-24(29)13-20;/h7-9,12-13,15-16,18,25-26,30,32H,4-6,10-11,14,17H2,1-3H3,(H,31,33);1H/t25-,26-;/m0./s1. The molecule has 3 nitrogen and oxygen atoms in total. The number of nitrogens with one attached hydrogen (secondary N) is 2. The highest BCUT2D eigenvalue weighted by molar-refractivity contribution is 7.80. The summed E-state index contributed by atoms with van der Waals surface area (Å²) < 4.78 is 27.4. The summed E-state index contributed by atoms with van der Waals surface area (Å²) in [6.45, 7) is 6.49. The maximum Gasteiger partial charge on any atom is 0.126 e. The first kappa shape index (κ1) is 28.6. The maximum absolute atomic E-state index is 13.7. The number of hydrogen-bond acceptors (Lipinski definition) is 3. The molecule has 3 N–H and O–H groups in total. The van der Waals surface area contributed by atoms with Crippen LogP contribution in [-0.2, 0) is 12.0 Å². The van der Waals surface area contributed by atoms with Crippen LogP contribution in [0.1, 0.15) is 75.5 Å². The number of benzene rings is 2. The van der Waals surface area contributed by atoms with Gasteiger partial charge in [-0.25, -0.2) is 8.78 Å². The third-order valence-electron chi connectivity index (χ3n) is 6.69. The van der Waals surface area contributed by atoms with Gasteiger partial charge in [-0.1, -0.05) is 69.6 Å². The van der Waals surface area contributed by atoms with Crippen molar-refractivity contribution in [2.24, 2.45) is 0 Å². The predicted octanol–water partition coefficient (Wildman–Crippen LogP) is 6.17. The lowest BCUT2D eigenvalue weighted by Gasteiger charge is -2.40. The van der Waals surface area contributed by atoms with Crippen molar-refractivity contribution in [3.63, 3.8) is 0 Å². The molecule has 7 heteroatoms. The first-order valence-electron chi connectivity index (χ1n) is 11.9. The lowest BCUT2D eigenvalue weighted by atomic mass is 9.75. The van der Waals surface area contributed by atoms with E-state index in [0.717, 1.165) is 31.7 Å². The SMILES string of the molecule is CC(=S)N[C@@H](Cc1cc(F)cc(F)c1)[C@@H](O)CNC1(c2cccc(C(C)C)c2)CCCCC1.Cl. The molecule has 0 aliphatic heterocycles. The van der Waals surface area contributed by atoms with Crippen molar-refractivity contribution in [2.45, 2.75) is 82.9 Å². The van der Waals surface area contributed by atoms with Crippen molar-refractivity contribution in [2.75, 3.05) is 6.54 Å². The van der Waals surface area contributed by atoms with E-state index in [-0.39, 0.29) is 24.4 Å². The van der Waals surface area contributed by atoms with E-state index in [9.17, 15) is 13.9 Å². The van der Waals surface area contributed by atoms with Crippen LogP contribution >= 0.6 is 24.6 Å². The Morgan fingerprint density at radius 2 is 1.71 bits per heavy atom. The largest absolute Gasteiger partial charge is 0.390 e. The minimum absolute atomic E-state index is 0. The molecule has 2 atom stereocenters. The number of hydrogen-bond donors (Lipinski definition) is 3. The Bertz CT molecular complexity index is 930. The van der Waals surface area contributed by atoms with Gasteiger partial charge in [-0.15, -0.1) is 12.4 Å². The van der Waals surface area contributed by atoms with E-state index >= 15 is 0 Å². The summed E-state index contributed by atoms with van der Waals surface area (Å²) in [7, 11) is 0. The minimum atomic E-state index is -0.790. The molecule has 34 heavy (non-hydrogen) atoms. The smallest absolute Gasteiger partial charge is 0.126 e. The average molecular weight is 511 g/mol. The summed E-state index contributed by atoms with van der Waals surface area (Å²) in [4.78, 5) is 0.535. The van der Waals surface area contributed by atoms with Gasteiger partial charge in [0.15, 0.2) is 0 Å². The number of aliphatic hydroxyl groups is 1. The second kappa shape index (κ2) is 12.9. The number of thiocarbonyl (C=S) groups is 1. The third kappa shape index (κ3) is 7.70. The third-order valence-corrected chi connectivity index (χ3v) is 6.81. The molecule has 188 valence electrons. The van der Waals surface area contributed by atoms with Crippen molar-refractivity contribution in [1.29, 1.82) is 0 Å². The molecule has 0 amide bonds. The molecule has 1 aliphatic rings. The number of aliphatic hydroxyl groups excluding tert-OH is 1. The van der Waals surface area contributed by atoms with E-state index in [1.165, 1.54) is 29.7 Å². The molecular formula is C27H37ClF2N2OS. The Labute approximate surface area is 214 Å². The van der Waals surface area contributed by atoms with Gasteiger partial charge in [0.05, 0.1) is 17.1 Å². The zero-order valence-electron chi connectivity index (χ0n) is 20.2. The molecule has 3 rings (SSSR count). The summed E-state index contributed by atoms with van der Waals surface area (Å²) in [6, 6.07) is 11.8. The number of rotatable bonds is 9. The van der Waals surface area contributed by atoms with Crippen LogP contribution in [0.2, 0.25) is 0 Å². The second-order valence-corrected chi connectivity index (χ2v) is 10.3. The van der Waals surface area contributed by atoms with Gasteiger partial charge in [0.2, 0.25) is 0 Å². The number of halogens is 3. The highest BCUT2D eigenvalue weighted by Crippen LogP contribution is 2.38. The van der Waals surface area contributed by atoms with Gasteiger partial charge in [-0.3, -0.25) is 0 Å². The van der Waals surface area contributed by atoms with Gasteiger partial charge in [-0.05, 0) is 60.9 Å². The molecule has 0 spiro atoms. The molecule has 0 heterocycles. The van der Waals surface area contributed by atoms with Crippen LogP contribution in [0.5, 0.6) is 0 Å². The van der Waals surface area contributed by atoms with Gasteiger partial charge in [-0.2, -0.15) is 0 Å². The van der Waals surface area contributed by atoms with E-state index < -0.39 is 23.8 Å². The van der Waals surface area contributed by atoms with Crippen LogP contribution in [0.25, 0.3) is 0 Å². The van der Waals surface area contributed by atoms with Gasteiger partial charge < -0.3 is 15.7 Å². The zero-order valence-corrected chi connectivity index (χ0v) is 21.9. The molecule has 0 aromatic heterocycles. The first-order valence-corrected chi connectivity index (χ1v) is 12.3. The molecule has 0 radical (unpaired) electrons. The summed E-state index contributed by atoms with van der Waals surface area (Å²) in [5.74, 6) is -0.801. The average Bonchev–Trinajstić information content (AvgIpc) is 2.77. The van der Waals surface area contributed by atoms with Gasteiger partial charge in [0.1, 0.15) is 11.6 Å². The zero-order chi connectivity index (χ0) is 24.0. The Balaban J connectivity index is 0.00000408. The molecule has 0 saturated heterocycles. The highest BCUT2D eigenvalue weighted by atomic mass is 35.5. The van der Waals surface area contributed by atoms with Crippen molar-refractivity contribution in [3.05, 3.63) is 70.8 Å². The Kier molecular flexibility index (Phi) is 10.9. The molecule has 0 bridgehead atoms. The first-order chi connectivity index (χ1) is 15.7. The molecular weight excluding hydrogens is 474 g/mol. The van der Waals surface area contributed by atoms with E-state index in [4.69, 9.17) is 12.2 Å². The lowest BCUT2D eigenvalue weighted by molar-refractivity contribution is 0.110. The van der Waals surface area contributed by atoms with Crippen molar-refractivity contribution >= 4 is 29.6 Å². The fraction of sp³-hybridized carbons (Fsp3) is 0.519. The topological polar surface area (TPSA) is 44.3 Å². The normalized spacial score (nSPS) is 17.0. The molecule has 1 aliphatic carbocycles. The minimum Gasteiger partial charge on any atom is -0.390 e. The predicted molar refractivity (Wildman–Crippen MR) is 142 cm³/mol. The van der Waals surface area contributed by atoms with Crippen molar-refractivity contribution in [1.82, 2.24) is 10.6 Å². The quantitative estimate of drug-likeness (QED) is 0.353. The van der Waals surface area contributed by atoms with Crippen LogP contribution in [0.15, 0.2) is 42.5 Å². The molecule has 1 fully saturated rings. The fourth-order valence-corrected chi connectivity index (χ4v) is 5.04. The molecule has 1 saturated carbocycles. The summed E-state index contributed by atoms with van der Waals surface area (Å²) in [6.07, 6.45) is 5.00. The van der Waals surface area contributed by atoms with Gasteiger partial charge in [0.25, 0.3) is 0 Å². The van der Waals surface area contributed by atoms with Crippen molar-refractivity contribution < 1.29 is 13.9 Å². The highest BCUT2D eigenvalue weighted by Gasteiger charge is 2.35. The van der Waals surface area contributed by atoms with Gasteiger partial charge in [0, 0.05) is 18.2 Å². The fourth-order valence-electron chi connectivity index (χ4n) is 4.89.